The number of carbonyl (C=O) groups excluding carboxylic acids is 2. The number of fused-ring (bicyclic) bond motifs is 1. The summed E-state index contributed by atoms with van der Waals surface area (Å²) in [4.78, 5) is 29.7. The molecule has 2 aromatic carbocycles. The number of benzene rings is 2. The van der Waals surface area contributed by atoms with E-state index in [1.165, 1.54) is 7.11 Å². The molecular weight excluding hydrogens is 438 g/mol. The van der Waals surface area contributed by atoms with Gasteiger partial charge in [-0.15, -0.1) is 0 Å². The molecule has 8 heteroatoms. The maximum Gasteiger partial charge on any atom is 0.409 e. The first kappa shape index (κ1) is 20.9. The number of ether oxygens (including phenoxy) is 2. The van der Waals surface area contributed by atoms with Gasteiger partial charge in [-0.2, -0.15) is 0 Å². The van der Waals surface area contributed by atoms with Gasteiger partial charge in [0.25, 0.3) is 5.91 Å². The fourth-order valence-electron chi connectivity index (χ4n) is 2.85. The standard InChI is InChI=1S/C21H22BrN3O4/c1-21(2,3)29-20(27)25-18-19(26)24-17-14(10-13(22)11-15(17)28-4)16(23-18)12-8-6-5-7-9-12/h5-11,18H,1-4H3,(H,24,26)(H,25,27). The van der Waals surface area contributed by atoms with E-state index in [1.54, 1.807) is 26.8 Å². The van der Waals surface area contributed by atoms with Gasteiger partial charge in [-0.25, -0.2) is 9.79 Å². The topological polar surface area (TPSA) is 89.0 Å². The van der Waals surface area contributed by atoms with Crippen molar-refractivity contribution in [1.29, 1.82) is 0 Å². The summed E-state index contributed by atoms with van der Waals surface area (Å²) < 4.78 is 11.5. The molecule has 0 aliphatic carbocycles. The molecule has 3 rings (SSSR count). The van der Waals surface area contributed by atoms with Gasteiger partial charge in [0.15, 0.2) is 0 Å². The first-order valence-electron chi connectivity index (χ1n) is 8.99. The molecule has 1 unspecified atom stereocenters. The molecule has 152 valence electrons. The Morgan fingerprint density at radius 3 is 2.52 bits per heavy atom. The lowest BCUT2D eigenvalue weighted by Crippen LogP contribution is -2.44. The van der Waals surface area contributed by atoms with E-state index in [2.05, 4.69) is 31.6 Å². The summed E-state index contributed by atoms with van der Waals surface area (Å²) in [6, 6.07) is 13.0. The van der Waals surface area contributed by atoms with Crippen LogP contribution in [0.3, 0.4) is 0 Å². The number of nitrogens with zero attached hydrogens (tertiary/aromatic N) is 1. The molecule has 1 heterocycles. The Kier molecular flexibility index (Phi) is 5.93. The van der Waals surface area contributed by atoms with Gasteiger partial charge >= 0.3 is 6.09 Å². The number of benzodiazepines with no additional fused rings is 1. The second-order valence-corrected chi connectivity index (χ2v) is 8.33. The second kappa shape index (κ2) is 8.24. The van der Waals surface area contributed by atoms with Gasteiger partial charge in [-0.1, -0.05) is 46.3 Å². The number of anilines is 1. The summed E-state index contributed by atoms with van der Waals surface area (Å²) >= 11 is 3.47. The minimum absolute atomic E-state index is 0.476. The average molecular weight is 460 g/mol. The molecule has 2 N–H and O–H groups in total. The highest BCUT2D eigenvalue weighted by atomic mass is 79.9. The molecule has 7 nitrogen and oxygen atoms in total. The van der Waals surface area contributed by atoms with Gasteiger partial charge in [0.1, 0.15) is 11.4 Å². The fraction of sp³-hybridized carbons (Fsp3) is 0.286. The zero-order valence-electron chi connectivity index (χ0n) is 16.6. The Hall–Kier alpha value is -2.87. The van der Waals surface area contributed by atoms with Gasteiger partial charge in [-0.3, -0.25) is 10.1 Å². The van der Waals surface area contributed by atoms with E-state index in [1.807, 2.05) is 36.4 Å². The maximum absolute atomic E-state index is 12.9. The van der Waals surface area contributed by atoms with Crippen molar-refractivity contribution < 1.29 is 19.1 Å². The molecule has 2 aromatic rings. The normalized spacial score (nSPS) is 16.1. The summed E-state index contributed by atoms with van der Waals surface area (Å²) in [5, 5.41) is 5.36. The highest BCUT2D eigenvalue weighted by molar-refractivity contribution is 9.10. The van der Waals surface area contributed by atoms with Crippen LogP contribution in [0.25, 0.3) is 0 Å². The minimum atomic E-state index is -1.17. The van der Waals surface area contributed by atoms with Gasteiger partial charge in [0.05, 0.1) is 18.5 Å². The van der Waals surface area contributed by atoms with E-state index >= 15 is 0 Å². The predicted molar refractivity (Wildman–Crippen MR) is 115 cm³/mol. The predicted octanol–water partition coefficient (Wildman–Crippen LogP) is 4.10. The first-order chi connectivity index (χ1) is 13.7. The third-order valence-corrected chi connectivity index (χ3v) is 4.46. The minimum Gasteiger partial charge on any atom is -0.495 e. The van der Waals surface area contributed by atoms with Crippen LogP contribution in [0, 0.1) is 0 Å². The summed E-state index contributed by atoms with van der Waals surface area (Å²) in [6.45, 7) is 5.24. The zero-order valence-corrected chi connectivity index (χ0v) is 18.2. The number of rotatable bonds is 3. The molecule has 1 aliphatic rings. The summed E-state index contributed by atoms with van der Waals surface area (Å²) in [5.74, 6) is -0.0204. The van der Waals surface area contributed by atoms with Crippen LogP contribution in [0.4, 0.5) is 10.5 Å². The third-order valence-electron chi connectivity index (χ3n) is 4.00. The maximum atomic E-state index is 12.9. The van der Waals surface area contributed by atoms with Gasteiger partial charge < -0.3 is 14.8 Å². The smallest absolute Gasteiger partial charge is 0.409 e. The zero-order chi connectivity index (χ0) is 21.2. The quantitative estimate of drug-likeness (QED) is 0.722. The molecule has 0 saturated carbocycles. The van der Waals surface area contributed by atoms with Crippen LogP contribution in [0.1, 0.15) is 31.9 Å². The Balaban J connectivity index is 2.10. The van der Waals surface area contributed by atoms with Crippen molar-refractivity contribution in [1.82, 2.24) is 5.32 Å². The number of nitrogens with one attached hydrogen (secondary N) is 2. The first-order valence-corrected chi connectivity index (χ1v) is 9.79. The number of hydrogen-bond donors (Lipinski definition) is 2. The van der Waals surface area contributed by atoms with Crippen molar-refractivity contribution >= 4 is 39.3 Å². The Morgan fingerprint density at radius 2 is 1.90 bits per heavy atom. The van der Waals surface area contributed by atoms with E-state index < -0.39 is 23.8 Å². The SMILES string of the molecule is COc1cc(Br)cc2c1NC(=O)C(NC(=O)OC(C)(C)C)N=C2c1ccccc1. The van der Waals surface area contributed by atoms with Crippen molar-refractivity contribution in [3.05, 3.63) is 58.1 Å². The largest absolute Gasteiger partial charge is 0.495 e. The Bertz CT molecular complexity index is 968. The lowest BCUT2D eigenvalue weighted by molar-refractivity contribution is -0.118. The molecular formula is C21H22BrN3O4. The molecule has 0 bridgehead atoms. The van der Waals surface area contributed by atoms with Crippen LogP contribution in [0.2, 0.25) is 0 Å². The van der Waals surface area contributed by atoms with Gasteiger partial charge in [0.2, 0.25) is 6.17 Å². The molecule has 0 saturated heterocycles. The van der Waals surface area contributed by atoms with Gasteiger partial charge in [0, 0.05) is 15.6 Å². The van der Waals surface area contributed by atoms with Crippen molar-refractivity contribution in [2.75, 3.05) is 12.4 Å². The van der Waals surface area contributed by atoms with E-state index in [-0.39, 0.29) is 0 Å². The highest BCUT2D eigenvalue weighted by Gasteiger charge is 2.30. The Labute approximate surface area is 177 Å². The van der Waals surface area contributed by atoms with E-state index in [9.17, 15) is 9.59 Å². The number of methoxy groups -OCH3 is 1. The molecule has 1 atom stereocenters. The van der Waals surface area contributed by atoms with Crippen molar-refractivity contribution in [3.63, 3.8) is 0 Å². The molecule has 1 aliphatic heterocycles. The summed E-state index contributed by atoms with van der Waals surface area (Å²) in [5.41, 5.74) is 1.79. The fourth-order valence-corrected chi connectivity index (χ4v) is 3.29. The highest BCUT2D eigenvalue weighted by Crippen LogP contribution is 2.36. The van der Waals surface area contributed by atoms with Crippen LogP contribution in [-0.4, -0.2) is 36.6 Å². The van der Waals surface area contributed by atoms with E-state index in [0.717, 1.165) is 10.0 Å². The van der Waals surface area contributed by atoms with Crippen LogP contribution in [0.5, 0.6) is 5.75 Å². The molecule has 0 radical (unpaired) electrons. The van der Waals surface area contributed by atoms with Crippen molar-refractivity contribution in [2.24, 2.45) is 4.99 Å². The Morgan fingerprint density at radius 1 is 1.21 bits per heavy atom. The number of hydrogen-bond acceptors (Lipinski definition) is 5. The van der Waals surface area contributed by atoms with Gasteiger partial charge in [-0.05, 0) is 32.9 Å². The monoisotopic (exact) mass is 459 g/mol. The van der Waals surface area contributed by atoms with Crippen molar-refractivity contribution in [3.8, 4) is 5.75 Å². The molecule has 0 aromatic heterocycles. The molecule has 0 spiro atoms. The number of amides is 2. The lowest BCUT2D eigenvalue weighted by atomic mass is 10.00. The summed E-state index contributed by atoms with van der Waals surface area (Å²) in [7, 11) is 1.52. The average Bonchev–Trinajstić information content (AvgIpc) is 2.77. The summed E-state index contributed by atoms with van der Waals surface area (Å²) in [6.07, 6.45) is -1.90. The van der Waals surface area contributed by atoms with Crippen LogP contribution < -0.4 is 15.4 Å². The van der Waals surface area contributed by atoms with Crippen molar-refractivity contribution in [2.45, 2.75) is 32.5 Å². The van der Waals surface area contributed by atoms with Crippen LogP contribution in [0.15, 0.2) is 51.9 Å². The van der Waals surface area contributed by atoms with Crippen LogP contribution >= 0.6 is 15.9 Å². The van der Waals surface area contributed by atoms with E-state index in [4.69, 9.17) is 9.47 Å². The lowest BCUT2D eigenvalue weighted by Gasteiger charge is -2.21. The third kappa shape index (κ3) is 4.95. The van der Waals surface area contributed by atoms with Crippen LogP contribution in [-0.2, 0) is 9.53 Å². The number of alkyl carbamates (subject to hydrolysis) is 1. The number of aliphatic imine (C=N–C) groups is 1. The molecule has 29 heavy (non-hydrogen) atoms. The van der Waals surface area contributed by atoms with E-state index in [0.29, 0.717) is 22.7 Å². The molecule has 2 amide bonds. The molecule has 0 fully saturated rings. The number of carbonyl (C=O) groups is 2. The second-order valence-electron chi connectivity index (χ2n) is 7.41. The number of halogens is 1.